The van der Waals surface area contributed by atoms with Crippen LogP contribution in [0.15, 0.2) is 11.0 Å². The number of rotatable bonds is 1. The van der Waals surface area contributed by atoms with Crippen molar-refractivity contribution in [3.63, 3.8) is 0 Å². The third-order valence-electron chi connectivity index (χ3n) is 2.16. The van der Waals surface area contributed by atoms with Gasteiger partial charge in [-0.2, -0.15) is 0 Å². The Morgan fingerprint density at radius 1 is 1.47 bits per heavy atom. The predicted molar refractivity (Wildman–Crippen MR) is 50.7 cm³/mol. The predicted octanol–water partition coefficient (Wildman–Crippen LogP) is -0.635. The maximum atomic E-state index is 11.7. The molecule has 0 aliphatic rings. The van der Waals surface area contributed by atoms with E-state index in [2.05, 4.69) is 10.3 Å². The number of aryl methyl sites for hydroxylation is 2. The summed E-state index contributed by atoms with van der Waals surface area (Å²) in [5.74, 6) is -1.13. The summed E-state index contributed by atoms with van der Waals surface area (Å²) in [4.78, 5) is 22.5. The van der Waals surface area contributed by atoms with Crippen LogP contribution < -0.4 is 5.56 Å². The first-order valence-corrected chi connectivity index (χ1v) is 4.14. The van der Waals surface area contributed by atoms with Crippen LogP contribution in [0, 0.1) is 0 Å². The highest BCUT2D eigenvalue weighted by Crippen LogP contribution is 2.10. The molecule has 2 aromatic heterocycles. The van der Waals surface area contributed by atoms with E-state index in [1.165, 1.54) is 22.5 Å². The minimum absolute atomic E-state index is 0.0276. The van der Waals surface area contributed by atoms with Gasteiger partial charge in [0.2, 0.25) is 0 Å². The molecule has 0 spiro atoms. The van der Waals surface area contributed by atoms with E-state index in [0.717, 1.165) is 0 Å². The van der Waals surface area contributed by atoms with Crippen LogP contribution in [-0.2, 0) is 14.1 Å². The molecule has 78 valence electrons. The molecule has 1 N–H and O–H groups in total. The molecule has 0 amide bonds. The van der Waals surface area contributed by atoms with Crippen molar-refractivity contribution in [1.82, 2.24) is 19.6 Å². The minimum Gasteiger partial charge on any atom is -0.478 e. The molecule has 0 atom stereocenters. The van der Waals surface area contributed by atoms with Crippen molar-refractivity contribution in [2.24, 2.45) is 14.1 Å². The monoisotopic (exact) mass is 208 g/mol. The minimum atomic E-state index is -1.13. The van der Waals surface area contributed by atoms with Gasteiger partial charge in [-0.05, 0) is 0 Å². The Morgan fingerprint density at radius 2 is 2.13 bits per heavy atom. The number of aromatic carboxylic acids is 1. The van der Waals surface area contributed by atoms with E-state index in [0.29, 0.717) is 0 Å². The average molecular weight is 208 g/mol. The molecule has 0 aliphatic heterocycles. The number of fused-ring (bicyclic) bond motifs is 1. The number of carbonyl (C=O) groups is 1. The van der Waals surface area contributed by atoms with Crippen molar-refractivity contribution in [3.05, 3.63) is 22.1 Å². The van der Waals surface area contributed by atoms with E-state index in [4.69, 9.17) is 5.11 Å². The summed E-state index contributed by atoms with van der Waals surface area (Å²) in [6.45, 7) is 0. The number of carboxylic acids is 1. The van der Waals surface area contributed by atoms with Crippen LogP contribution in [0.25, 0.3) is 11.0 Å². The van der Waals surface area contributed by atoms with Crippen molar-refractivity contribution in [2.75, 3.05) is 0 Å². The fourth-order valence-corrected chi connectivity index (χ4v) is 1.42. The lowest BCUT2D eigenvalue weighted by atomic mass is 10.2. The first-order chi connectivity index (χ1) is 7.02. The van der Waals surface area contributed by atoms with Crippen molar-refractivity contribution < 1.29 is 9.90 Å². The highest BCUT2D eigenvalue weighted by atomic mass is 16.4. The molecule has 0 saturated carbocycles. The molecule has 0 radical (unpaired) electrons. The van der Waals surface area contributed by atoms with Crippen LogP contribution in [0.3, 0.4) is 0 Å². The SMILES string of the molecule is Cn1cc(C(=O)O)c2nnn(C)c2c1=O. The lowest BCUT2D eigenvalue weighted by molar-refractivity contribution is 0.0698. The van der Waals surface area contributed by atoms with E-state index in [1.807, 2.05) is 0 Å². The lowest BCUT2D eigenvalue weighted by Gasteiger charge is -2.00. The fraction of sp³-hybridized carbons (Fsp3) is 0.250. The number of hydrogen-bond acceptors (Lipinski definition) is 4. The Hall–Kier alpha value is -2.18. The number of nitrogens with zero attached hydrogens (tertiary/aromatic N) is 4. The second kappa shape index (κ2) is 2.91. The largest absolute Gasteiger partial charge is 0.478 e. The Labute approximate surface area is 83.6 Å². The van der Waals surface area contributed by atoms with Crippen LogP contribution in [0.2, 0.25) is 0 Å². The highest BCUT2D eigenvalue weighted by Gasteiger charge is 2.17. The highest BCUT2D eigenvalue weighted by molar-refractivity contribution is 6.00. The van der Waals surface area contributed by atoms with Crippen molar-refractivity contribution in [1.29, 1.82) is 0 Å². The zero-order chi connectivity index (χ0) is 11.2. The summed E-state index contributed by atoms with van der Waals surface area (Å²) < 4.78 is 2.47. The summed E-state index contributed by atoms with van der Waals surface area (Å²) in [7, 11) is 3.03. The molecule has 0 saturated heterocycles. The Bertz CT molecular complexity index is 610. The molecule has 0 fully saturated rings. The average Bonchev–Trinajstić information content (AvgIpc) is 2.54. The Kier molecular flexibility index (Phi) is 1.82. The van der Waals surface area contributed by atoms with E-state index in [1.54, 1.807) is 7.05 Å². The van der Waals surface area contributed by atoms with Crippen LogP contribution in [0.5, 0.6) is 0 Å². The summed E-state index contributed by atoms with van der Waals surface area (Å²) >= 11 is 0. The van der Waals surface area contributed by atoms with E-state index in [9.17, 15) is 9.59 Å². The summed E-state index contributed by atoms with van der Waals surface area (Å²) in [5.41, 5.74) is -0.0341. The van der Waals surface area contributed by atoms with Gasteiger partial charge in [-0.15, -0.1) is 5.10 Å². The summed E-state index contributed by atoms with van der Waals surface area (Å²) in [5, 5.41) is 16.2. The van der Waals surface area contributed by atoms with E-state index >= 15 is 0 Å². The first-order valence-electron chi connectivity index (χ1n) is 4.14. The second-order valence-corrected chi connectivity index (χ2v) is 3.17. The third kappa shape index (κ3) is 1.20. The molecule has 7 heteroatoms. The zero-order valence-electron chi connectivity index (χ0n) is 8.13. The summed E-state index contributed by atoms with van der Waals surface area (Å²) in [6, 6.07) is 0. The van der Waals surface area contributed by atoms with Gasteiger partial charge in [0.1, 0.15) is 11.1 Å². The summed E-state index contributed by atoms with van der Waals surface area (Å²) in [6.07, 6.45) is 1.24. The molecular formula is C8H8N4O3. The van der Waals surface area contributed by atoms with E-state index < -0.39 is 5.97 Å². The van der Waals surface area contributed by atoms with Gasteiger partial charge >= 0.3 is 5.97 Å². The molecule has 0 unspecified atom stereocenters. The third-order valence-corrected chi connectivity index (χ3v) is 2.16. The quantitative estimate of drug-likeness (QED) is 0.673. The van der Waals surface area contributed by atoms with Gasteiger partial charge in [-0.1, -0.05) is 5.21 Å². The van der Waals surface area contributed by atoms with Gasteiger partial charge in [0, 0.05) is 20.3 Å². The van der Waals surface area contributed by atoms with Crippen molar-refractivity contribution >= 4 is 17.0 Å². The number of carboxylic acid groups (broad SMARTS) is 1. The molecule has 7 nitrogen and oxygen atoms in total. The Morgan fingerprint density at radius 3 is 2.73 bits per heavy atom. The molecule has 0 bridgehead atoms. The number of pyridine rings is 1. The molecule has 15 heavy (non-hydrogen) atoms. The Balaban J connectivity index is 3.03. The molecule has 0 aromatic carbocycles. The molecule has 0 aliphatic carbocycles. The van der Waals surface area contributed by atoms with E-state index in [-0.39, 0.29) is 22.2 Å². The van der Waals surface area contributed by atoms with Crippen LogP contribution in [0.4, 0.5) is 0 Å². The van der Waals surface area contributed by atoms with Gasteiger partial charge in [0.15, 0.2) is 5.52 Å². The van der Waals surface area contributed by atoms with Gasteiger partial charge in [-0.25, -0.2) is 9.48 Å². The van der Waals surface area contributed by atoms with Gasteiger partial charge in [0.25, 0.3) is 5.56 Å². The van der Waals surface area contributed by atoms with Crippen molar-refractivity contribution in [3.8, 4) is 0 Å². The molecule has 2 heterocycles. The number of aromatic nitrogens is 4. The molecule has 2 aromatic rings. The number of hydrogen-bond donors (Lipinski definition) is 1. The van der Waals surface area contributed by atoms with Gasteiger partial charge in [0.05, 0.1) is 0 Å². The molecular weight excluding hydrogens is 200 g/mol. The second-order valence-electron chi connectivity index (χ2n) is 3.17. The van der Waals surface area contributed by atoms with Crippen LogP contribution >= 0.6 is 0 Å². The van der Waals surface area contributed by atoms with Crippen LogP contribution in [-0.4, -0.2) is 30.6 Å². The topological polar surface area (TPSA) is 90.0 Å². The van der Waals surface area contributed by atoms with Gasteiger partial charge in [-0.3, -0.25) is 4.79 Å². The zero-order valence-corrected chi connectivity index (χ0v) is 8.13. The smallest absolute Gasteiger partial charge is 0.339 e. The van der Waals surface area contributed by atoms with Crippen LogP contribution in [0.1, 0.15) is 10.4 Å². The molecule has 2 rings (SSSR count). The first kappa shape index (κ1) is 9.38. The van der Waals surface area contributed by atoms with Gasteiger partial charge < -0.3 is 9.67 Å². The maximum absolute atomic E-state index is 11.7. The standard InChI is InChI=1S/C8H8N4O3/c1-11-3-4(8(14)15)5-6(7(11)13)12(2)10-9-5/h3H,1-2H3,(H,14,15). The normalized spacial score (nSPS) is 10.8. The van der Waals surface area contributed by atoms with Crippen molar-refractivity contribution in [2.45, 2.75) is 0 Å². The maximum Gasteiger partial charge on any atom is 0.339 e. The fourth-order valence-electron chi connectivity index (χ4n) is 1.42. The lowest BCUT2D eigenvalue weighted by Crippen LogP contribution is -2.20.